The van der Waals surface area contributed by atoms with Gasteiger partial charge in [0.15, 0.2) is 0 Å². The number of pyridine rings is 1. The monoisotopic (exact) mass is 427 g/mol. The minimum absolute atomic E-state index is 0.139. The van der Waals surface area contributed by atoms with Crippen molar-refractivity contribution in [2.75, 3.05) is 0 Å². The van der Waals surface area contributed by atoms with Crippen molar-refractivity contribution in [3.8, 4) is 5.69 Å². The summed E-state index contributed by atoms with van der Waals surface area (Å²) in [6.07, 6.45) is 1.83. The predicted molar refractivity (Wildman–Crippen MR) is 119 cm³/mol. The molecular weight excluding hydrogens is 406 g/mol. The second kappa shape index (κ2) is 8.81. The summed E-state index contributed by atoms with van der Waals surface area (Å²) in [5.41, 5.74) is 8.31. The molecule has 2 aromatic carbocycles. The van der Waals surface area contributed by atoms with Gasteiger partial charge in [0.05, 0.1) is 16.9 Å². The molecule has 160 valence electrons. The third-order valence-corrected chi connectivity index (χ3v) is 5.06. The highest BCUT2D eigenvalue weighted by Crippen LogP contribution is 2.22. The van der Waals surface area contributed by atoms with Crippen molar-refractivity contribution in [2.45, 2.75) is 19.4 Å². The van der Waals surface area contributed by atoms with Crippen molar-refractivity contribution in [2.24, 2.45) is 5.73 Å². The summed E-state index contributed by atoms with van der Waals surface area (Å²) in [4.78, 5) is 41.6. The number of primary amides is 1. The van der Waals surface area contributed by atoms with Gasteiger partial charge in [0, 0.05) is 18.0 Å². The molecule has 8 heteroatoms. The number of nitrogens with zero attached hydrogens (tertiary/aromatic N) is 3. The lowest BCUT2D eigenvalue weighted by Gasteiger charge is -2.17. The zero-order valence-electron chi connectivity index (χ0n) is 17.4. The zero-order chi connectivity index (χ0) is 22.7. The van der Waals surface area contributed by atoms with Crippen molar-refractivity contribution < 1.29 is 14.4 Å². The van der Waals surface area contributed by atoms with Crippen LogP contribution in [0.25, 0.3) is 16.6 Å². The number of aryl methyl sites for hydroxylation is 1. The normalized spacial score (nSPS) is 11.8. The summed E-state index contributed by atoms with van der Waals surface area (Å²) in [6, 6.07) is 18.9. The van der Waals surface area contributed by atoms with Gasteiger partial charge in [0.2, 0.25) is 5.78 Å². The molecule has 2 heterocycles. The summed E-state index contributed by atoms with van der Waals surface area (Å²) < 4.78 is 1.52. The lowest BCUT2D eigenvalue weighted by Crippen LogP contribution is -2.47. The van der Waals surface area contributed by atoms with E-state index in [1.165, 1.54) is 4.68 Å². The van der Waals surface area contributed by atoms with Crippen LogP contribution in [0.5, 0.6) is 0 Å². The summed E-state index contributed by atoms with van der Waals surface area (Å²) >= 11 is 0. The molecule has 0 saturated carbocycles. The van der Waals surface area contributed by atoms with E-state index in [9.17, 15) is 14.4 Å². The molecule has 0 bridgehead atoms. The first kappa shape index (κ1) is 20.9. The van der Waals surface area contributed by atoms with Crippen LogP contribution >= 0.6 is 0 Å². The van der Waals surface area contributed by atoms with Gasteiger partial charge in [-0.1, -0.05) is 36.4 Å². The maximum Gasteiger partial charge on any atom is 0.287 e. The van der Waals surface area contributed by atoms with Crippen LogP contribution < -0.4 is 11.1 Å². The molecule has 0 radical (unpaired) electrons. The van der Waals surface area contributed by atoms with Crippen molar-refractivity contribution in [1.29, 1.82) is 0 Å². The first-order valence-corrected chi connectivity index (χ1v) is 10.0. The highest BCUT2D eigenvalue weighted by atomic mass is 16.2. The smallest absolute Gasteiger partial charge is 0.287 e. The number of amides is 2. The average Bonchev–Trinajstić information content (AvgIpc) is 3.20. The zero-order valence-corrected chi connectivity index (χ0v) is 17.4. The molecule has 0 unspecified atom stereocenters. The van der Waals surface area contributed by atoms with Crippen LogP contribution in [0.15, 0.2) is 72.9 Å². The number of Topliss-reactive ketones (excluding diaryl/α,β-unsaturated/α-hetero) is 1. The highest BCUT2D eigenvalue weighted by Gasteiger charge is 2.27. The number of nitrogens with one attached hydrogen (secondary N) is 1. The summed E-state index contributed by atoms with van der Waals surface area (Å²) in [5.74, 6) is -2.50. The Labute approximate surface area is 184 Å². The molecule has 3 N–H and O–H groups in total. The minimum atomic E-state index is -1.10. The number of carbonyl (C=O) groups is 3. The van der Waals surface area contributed by atoms with Crippen LogP contribution in [-0.4, -0.2) is 38.4 Å². The third kappa shape index (κ3) is 4.24. The van der Waals surface area contributed by atoms with Gasteiger partial charge >= 0.3 is 0 Å². The van der Waals surface area contributed by atoms with Gasteiger partial charge in [0.1, 0.15) is 11.7 Å². The molecule has 0 spiro atoms. The molecule has 4 rings (SSSR count). The Bertz CT molecular complexity index is 1310. The van der Waals surface area contributed by atoms with Crippen LogP contribution in [0.3, 0.4) is 0 Å². The average molecular weight is 427 g/mol. The lowest BCUT2D eigenvalue weighted by molar-refractivity contribution is -0.137. The molecule has 0 saturated heterocycles. The number of rotatable bonds is 7. The Balaban J connectivity index is 1.70. The third-order valence-electron chi connectivity index (χ3n) is 5.06. The van der Waals surface area contributed by atoms with Gasteiger partial charge in [-0.25, -0.2) is 4.68 Å². The molecule has 1 atom stereocenters. The number of ketones is 1. The number of carbonyl (C=O) groups excluding carboxylic acids is 3. The van der Waals surface area contributed by atoms with Crippen molar-refractivity contribution in [3.63, 3.8) is 0 Å². The Morgan fingerprint density at radius 2 is 1.81 bits per heavy atom. The molecule has 0 fully saturated rings. The molecule has 0 aliphatic carbocycles. The maximum absolute atomic E-state index is 13.2. The second-order valence-corrected chi connectivity index (χ2v) is 7.37. The SMILES string of the molecule is Cc1cc(C(=O)N[C@@H](Cc2ccccc2)C(=O)C(N)=O)n(-c2cccc3ncccc23)n1. The van der Waals surface area contributed by atoms with Gasteiger partial charge in [-0.15, -0.1) is 0 Å². The Morgan fingerprint density at radius 3 is 2.56 bits per heavy atom. The van der Waals surface area contributed by atoms with Crippen LogP contribution in [0.1, 0.15) is 21.7 Å². The van der Waals surface area contributed by atoms with Gasteiger partial charge in [-0.05, 0) is 42.8 Å². The van der Waals surface area contributed by atoms with Crippen molar-refractivity contribution in [1.82, 2.24) is 20.1 Å². The van der Waals surface area contributed by atoms with E-state index in [-0.39, 0.29) is 12.1 Å². The van der Waals surface area contributed by atoms with Crippen LogP contribution in [0, 0.1) is 6.92 Å². The van der Waals surface area contributed by atoms with E-state index in [0.29, 0.717) is 11.4 Å². The molecule has 8 nitrogen and oxygen atoms in total. The quantitative estimate of drug-likeness (QED) is 0.438. The van der Waals surface area contributed by atoms with E-state index >= 15 is 0 Å². The second-order valence-electron chi connectivity index (χ2n) is 7.37. The van der Waals surface area contributed by atoms with Crippen molar-refractivity contribution >= 4 is 28.5 Å². The molecule has 2 amide bonds. The number of fused-ring (bicyclic) bond motifs is 1. The largest absolute Gasteiger partial charge is 0.363 e. The summed E-state index contributed by atoms with van der Waals surface area (Å²) in [7, 11) is 0. The molecular formula is C24H21N5O3. The van der Waals surface area contributed by atoms with Crippen LogP contribution in [0.4, 0.5) is 0 Å². The van der Waals surface area contributed by atoms with E-state index in [4.69, 9.17) is 5.73 Å². The van der Waals surface area contributed by atoms with Gasteiger partial charge in [-0.2, -0.15) is 5.10 Å². The van der Waals surface area contributed by atoms with E-state index in [2.05, 4.69) is 15.4 Å². The molecule has 4 aromatic rings. The molecule has 0 aliphatic rings. The Hall–Kier alpha value is -4.33. The van der Waals surface area contributed by atoms with Gasteiger partial charge in [0.25, 0.3) is 11.8 Å². The number of hydrogen-bond acceptors (Lipinski definition) is 5. The summed E-state index contributed by atoms with van der Waals surface area (Å²) in [6.45, 7) is 1.77. The van der Waals surface area contributed by atoms with Crippen molar-refractivity contribution in [3.05, 3.63) is 89.9 Å². The van der Waals surface area contributed by atoms with Gasteiger partial charge in [-0.3, -0.25) is 19.4 Å². The first-order chi connectivity index (χ1) is 15.4. The number of benzene rings is 2. The number of aromatic nitrogens is 3. The van der Waals surface area contributed by atoms with E-state index in [0.717, 1.165) is 16.5 Å². The fourth-order valence-electron chi connectivity index (χ4n) is 3.58. The summed E-state index contributed by atoms with van der Waals surface area (Å²) in [5, 5.41) is 7.96. The number of hydrogen-bond donors (Lipinski definition) is 2. The van der Waals surface area contributed by atoms with Gasteiger partial charge < -0.3 is 11.1 Å². The topological polar surface area (TPSA) is 120 Å². The fraction of sp³-hybridized carbons (Fsp3) is 0.125. The fourth-order valence-corrected chi connectivity index (χ4v) is 3.58. The van der Waals surface area contributed by atoms with E-state index in [1.54, 1.807) is 19.2 Å². The Morgan fingerprint density at radius 1 is 1.03 bits per heavy atom. The highest BCUT2D eigenvalue weighted by molar-refractivity contribution is 6.38. The maximum atomic E-state index is 13.2. The first-order valence-electron chi connectivity index (χ1n) is 10.0. The van der Waals surface area contributed by atoms with E-state index < -0.39 is 23.6 Å². The van der Waals surface area contributed by atoms with E-state index in [1.807, 2.05) is 60.7 Å². The lowest BCUT2D eigenvalue weighted by atomic mass is 10.0. The molecule has 32 heavy (non-hydrogen) atoms. The predicted octanol–water partition coefficient (Wildman–Crippen LogP) is 2.12. The van der Waals surface area contributed by atoms with Crippen LogP contribution in [0.2, 0.25) is 0 Å². The molecule has 0 aliphatic heterocycles. The Kier molecular flexibility index (Phi) is 5.76. The minimum Gasteiger partial charge on any atom is -0.363 e. The van der Waals surface area contributed by atoms with Crippen LogP contribution in [-0.2, 0) is 16.0 Å². The standard InChI is InChI=1S/C24H21N5O3/c1-15-13-21(29(28-15)20-11-5-10-18-17(20)9-6-12-26-18)24(32)27-19(22(30)23(25)31)14-16-7-3-2-4-8-16/h2-13,19H,14H2,1H3,(H2,25,31)(H,27,32)/t19-/m0/s1. The molecule has 2 aromatic heterocycles. The number of nitrogens with two attached hydrogens (primary N) is 1.